The number of carbonyl (C=O) groups is 4. The number of imide groups is 1. The fraction of sp³-hybridized carbons (Fsp3) is 0.333. The highest BCUT2D eigenvalue weighted by atomic mass is 16.2. The van der Waals surface area contributed by atoms with E-state index in [-0.39, 0.29) is 43.2 Å². The van der Waals surface area contributed by atoms with Crippen molar-refractivity contribution in [1.29, 1.82) is 0 Å². The molecule has 1 atom stereocenters. The van der Waals surface area contributed by atoms with Crippen LogP contribution in [0.2, 0.25) is 0 Å². The highest BCUT2D eigenvalue weighted by Gasteiger charge is 2.41. The first kappa shape index (κ1) is 12.7. The Morgan fingerprint density at radius 3 is 2.50 bits per heavy atom. The quantitative estimate of drug-likeness (QED) is 0.562. The predicted octanol–water partition coefficient (Wildman–Crippen LogP) is 0.902. The number of hydrogen-bond donors (Lipinski definition) is 0. The third-order valence-corrected chi connectivity index (χ3v) is 3.83. The summed E-state index contributed by atoms with van der Waals surface area (Å²) in [5.41, 5.74) is 1.16. The van der Waals surface area contributed by atoms with Crippen molar-refractivity contribution < 1.29 is 19.2 Å². The van der Waals surface area contributed by atoms with Gasteiger partial charge in [0.1, 0.15) is 5.78 Å². The molecule has 1 aliphatic heterocycles. The van der Waals surface area contributed by atoms with Gasteiger partial charge in [-0.3, -0.25) is 24.1 Å². The standard InChI is InChI=1S/C15H13NO4/c17-10-5-6-12(13(18)8-10)16-14(19)7-9-3-1-2-4-11(9)15(16)20/h1-4,12H,5-8H2. The van der Waals surface area contributed by atoms with Crippen LogP contribution in [0.15, 0.2) is 24.3 Å². The molecule has 0 radical (unpaired) electrons. The maximum atomic E-state index is 12.4. The van der Waals surface area contributed by atoms with Crippen molar-refractivity contribution in [2.24, 2.45) is 0 Å². The van der Waals surface area contributed by atoms with E-state index >= 15 is 0 Å². The van der Waals surface area contributed by atoms with Gasteiger partial charge in [0.05, 0.1) is 18.9 Å². The summed E-state index contributed by atoms with van der Waals surface area (Å²) in [6.07, 6.45) is 0.440. The molecule has 1 saturated carbocycles. The zero-order chi connectivity index (χ0) is 14.3. The molecule has 20 heavy (non-hydrogen) atoms. The Morgan fingerprint density at radius 1 is 1.00 bits per heavy atom. The lowest BCUT2D eigenvalue weighted by Gasteiger charge is -2.34. The number of nitrogens with zero attached hydrogens (tertiary/aromatic N) is 1. The maximum Gasteiger partial charge on any atom is 0.261 e. The van der Waals surface area contributed by atoms with Crippen molar-refractivity contribution in [3.63, 3.8) is 0 Å². The molecule has 2 aliphatic rings. The number of Topliss-reactive ketones (excluding diaryl/α,β-unsaturated/α-hetero) is 2. The molecule has 0 spiro atoms. The van der Waals surface area contributed by atoms with Crippen molar-refractivity contribution >= 4 is 23.4 Å². The minimum Gasteiger partial charge on any atom is -0.299 e. The van der Waals surface area contributed by atoms with E-state index in [4.69, 9.17) is 0 Å². The lowest BCUT2D eigenvalue weighted by atomic mass is 9.89. The summed E-state index contributed by atoms with van der Waals surface area (Å²) in [6.45, 7) is 0. The van der Waals surface area contributed by atoms with Crippen molar-refractivity contribution in [3.05, 3.63) is 35.4 Å². The Bertz CT molecular complexity index is 635. The molecule has 0 bridgehead atoms. The number of hydrogen-bond acceptors (Lipinski definition) is 4. The molecule has 1 unspecified atom stereocenters. The van der Waals surface area contributed by atoms with Gasteiger partial charge in [-0.2, -0.15) is 0 Å². The van der Waals surface area contributed by atoms with Gasteiger partial charge in [-0.1, -0.05) is 18.2 Å². The molecule has 1 fully saturated rings. The average Bonchev–Trinajstić information content (AvgIpc) is 2.41. The summed E-state index contributed by atoms with van der Waals surface area (Å²) >= 11 is 0. The first-order valence-electron chi connectivity index (χ1n) is 6.56. The number of carbonyl (C=O) groups excluding carboxylic acids is 4. The molecule has 102 valence electrons. The van der Waals surface area contributed by atoms with Crippen LogP contribution in [0.5, 0.6) is 0 Å². The number of fused-ring (bicyclic) bond motifs is 1. The number of rotatable bonds is 1. The van der Waals surface area contributed by atoms with E-state index in [1.165, 1.54) is 0 Å². The van der Waals surface area contributed by atoms with Gasteiger partial charge in [-0.15, -0.1) is 0 Å². The van der Waals surface area contributed by atoms with Crippen LogP contribution >= 0.6 is 0 Å². The van der Waals surface area contributed by atoms with Crippen molar-refractivity contribution in [3.8, 4) is 0 Å². The first-order chi connectivity index (χ1) is 9.58. The summed E-state index contributed by atoms with van der Waals surface area (Å²) in [5.74, 6) is -1.24. The summed E-state index contributed by atoms with van der Waals surface area (Å²) in [4.78, 5) is 48.8. The highest BCUT2D eigenvalue weighted by molar-refractivity contribution is 6.14. The van der Waals surface area contributed by atoms with Crippen LogP contribution in [0.25, 0.3) is 0 Å². The lowest BCUT2D eigenvalue weighted by Crippen LogP contribution is -2.53. The van der Waals surface area contributed by atoms with Crippen LogP contribution in [-0.2, 0) is 20.8 Å². The van der Waals surface area contributed by atoms with Crippen LogP contribution in [0.1, 0.15) is 35.2 Å². The fourth-order valence-corrected chi connectivity index (χ4v) is 2.82. The Hall–Kier alpha value is -2.30. The Balaban J connectivity index is 1.95. The van der Waals surface area contributed by atoms with Crippen LogP contribution < -0.4 is 0 Å². The first-order valence-corrected chi connectivity index (χ1v) is 6.56. The summed E-state index contributed by atoms with van der Waals surface area (Å²) in [6, 6.07) is 6.14. The molecule has 1 aromatic carbocycles. The van der Waals surface area contributed by atoms with E-state index in [2.05, 4.69) is 0 Å². The molecule has 1 heterocycles. The Morgan fingerprint density at radius 2 is 1.75 bits per heavy atom. The van der Waals surface area contributed by atoms with Gasteiger partial charge in [0.15, 0.2) is 5.78 Å². The monoisotopic (exact) mass is 271 g/mol. The second-order valence-electron chi connectivity index (χ2n) is 5.14. The minimum absolute atomic E-state index is 0.122. The minimum atomic E-state index is -0.777. The van der Waals surface area contributed by atoms with Gasteiger partial charge in [0, 0.05) is 12.0 Å². The third-order valence-electron chi connectivity index (χ3n) is 3.83. The second-order valence-corrected chi connectivity index (χ2v) is 5.14. The van der Waals surface area contributed by atoms with E-state index in [0.29, 0.717) is 11.1 Å². The molecule has 0 aromatic heterocycles. The second kappa shape index (κ2) is 4.67. The average molecular weight is 271 g/mol. The van der Waals surface area contributed by atoms with Crippen LogP contribution in [-0.4, -0.2) is 34.3 Å². The zero-order valence-electron chi connectivity index (χ0n) is 10.8. The molecule has 3 rings (SSSR count). The molecule has 1 aromatic rings. The van der Waals surface area contributed by atoms with Crippen LogP contribution in [0, 0.1) is 0 Å². The van der Waals surface area contributed by atoms with Crippen LogP contribution in [0.4, 0.5) is 0 Å². The molecule has 0 N–H and O–H groups in total. The number of ketones is 2. The Kier molecular flexibility index (Phi) is 2.97. The van der Waals surface area contributed by atoms with E-state index in [1.807, 2.05) is 0 Å². The summed E-state index contributed by atoms with van der Waals surface area (Å²) < 4.78 is 0. The highest BCUT2D eigenvalue weighted by Crippen LogP contribution is 2.26. The van der Waals surface area contributed by atoms with Gasteiger partial charge in [-0.05, 0) is 18.1 Å². The topological polar surface area (TPSA) is 71.5 Å². The molecule has 5 nitrogen and oxygen atoms in total. The van der Waals surface area contributed by atoms with Gasteiger partial charge < -0.3 is 0 Å². The zero-order valence-corrected chi connectivity index (χ0v) is 10.8. The SMILES string of the molecule is O=C1CCC(N2C(=O)Cc3ccccc3C2=O)C(=O)C1. The largest absolute Gasteiger partial charge is 0.299 e. The van der Waals surface area contributed by atoms with Gasteiger partial charge in [0.25, 0.3) is 5.91 Å². The molecular weight excluding hydrogens is 258 g/mol. The van der Waals surface area contributed by atoms with Crippen molar-refractivity contribution in [2.75, 3.05) is 0 Å². The molecule has 1 aliphatic carbocycles. The molecule has 0 saturated heterocycles. The Labute approximate surface area is 115 Å². The van der Waals surface area contributed by atoms with Crippen molar-refractivity contribution in [1.82, 2.24) is 4.90 Å². The normalized spacial score (nSPS) is 23.0. The smallest absolute Gasteiger partial charge is 0.261 e. The van der Waals surface area contributed by atoms with Gasteiger partial charge in [0.2, 0.25) is 5.91 Å². The predicted molar refractivity (Wildman–Crippen MR) is 69.0 cm³/mol. The van der Waals surface area contributed by atoms with E-state index in [9.17, 15) is 19.2 Å². The van der Waals surface area contributed by atoms with E-state index < -0.39 is 11.9 Å². The lowest BCUT2D eigenvalue weighted by molar-refractivity contribution is -0.141. The van der Waals surface area contributed by atoms with E-state index in [0.717, 1.165) is 4.90 Å². The number of benzene rings is 1. The van der Waals surface area contributed by atoms with Gasteiger partial charge >= 0.3 is 0 Å². The third kappa shape index (κ3) is 1.95. The summed E-state index contributed by atoms with van der Waals surface area (Å²) in [7, 11) is 0. The van der Waals surface area contributed by atoms with Crippen molar-refractivity contribution in [2.45, 2.75) is 31.7 Å². The molecular formula is C15H13NO4. The molecule has 5 heteroatoms. The van der Waals surface area contributed by atoms with Crippen LogP contribution in [0.3, 0.4) is 0 Å². The van der Waals surface area contributed by atoms with E-state index in [1.54, 1.807) is 24.3 Å². The maximum absolute atomic E-state index is 12.4. The number of amides is 2. The fourth-order valence-electron chi connectivity index (χ4n) is 2.82. The summed E-state index contributed by atoms with van der Waals surface area (Å²) in [5, 5.41) is 0. The van der Waals surface area contributed by atoms with Gasteiger partial charge in [-0.25, -0.2) is 0 Å². The molecule has 2 amide bonds.